The average Bonchev–Trinajstić information content (AvgIpc) is 3.43. The van der Waals surface area contributed by atoms with Crippen molar-refractivity contribution < 1.29 is 24.2 Å². The maximum absolute atomic E-state index is 12.4. The second-order valence-corrected chi connectivity index (χ2v) is 10.9. The van der Waals surface area contributed by atoms with Crippen LogP contribution in [0.3, 0.4) is 0 Å². The molecule has 1 aromatic heterocycles. The van der Waals surface area contributed by atoms with Crippen LogP contribution in [0.5, 0.6) is 5.75 Å². The van der Waals surface area contributed by atoms with Crippen molar-refractivity contribution in [2.45, 2.75) is 39.2 Å². The molecule has 0 radical (unpaired) electrons. The first-order chi connectivity index (χ1) is 16.1. The molecule has 1 amide bonds. The summed E-state index contributed by atoms with van der Waals surface area (Å²) in [7, 11) is 1.67. The van der Waals surface area contributed by atoms with Gasteiger partial charge in [-0.2, -0.15) is 0 Å². The van der Waals surface area contributed by atoms with Gasteiger partial charge in [0.2, 0.25) is 0 Å². The van der Waals surface area contributed by atoms with Crippen LogP contribution in [0.2, 0.25) is 0 Å². The summed E-state index contributed by atoms with van der Waals surface area (Å²) < 4.78 is 12.1. The third-order valence-corrected chi connectivity index (χ3v) is 7.37. The Labute approximate surface area is 204 Å². The molecule has 6 nitrogen and oxygen atoms in total. The van der Waals surface area contributed by atoms with Crippen molar-refractivity contribution in [2.24, 2.45) is 11.8 Å². The number of carboxylic acids is 1. The summed E-state index contributed by atoms with van der Waals surface area (Å²) in [6, 6.07) is 16.2. The number of carboxylic acid groups (broad SMARTS) is 1. The summed E-state index contributed by atoms with van der Waals surface area (Å²) in [6.45, 7) is 6.42. The number of hydrogen-bond acceptors (Lipinski definition) is 5. The fraction of sp³-hybridized carbons (Fsp3) is 0.407. The zero-order valence-electron chi connectivity index (χ0n) is 20.0. The van der Waals surface area contributed by atoms with Crippen LogP contribution in [0.4, 0.5) is 4.79 Å². The van der Waals surface area contributed by atoms with Crippen molar-refractivity contribution in [3.63, 3.8) is 0 Å². The first kappa shape index (κ1) is 24.1. The van der Waals surface area contributed by atoms with E-state index in [1.807, 2.05) is 45.0 Å². The lowest BCUT2D eigenvalue weighted by molar-refractivity contribution is -0.143. The molecule has 0 saturated carbocycles. The second kappa shape index (κ2) is 9.66. The highest BCUT2D eigenvalue weighted by molar-refractivity contribution is 7.22. The van der Waals surface area contributed by atoms with Crippen LogP contribution in [0.15, 0.2) is 48.5 Å². The predicted octanol–water partition coefficient (Wildman–Crippen LogP) is 6.08. The summed E-state index contributed by atoms with van der Waals surface area (Å²) in [6.07, 6.45) is 0.706. The minimum Gasteiger partial charge on any atom is -0.495 e. The molecule has 34 heavy (non-hydrogen) atoms. The molecule has 1 aliphatic rings. The third-order valence-electron chi connectivity index (χ3n) is 6.16. The SMILES string of the molecule is COc1cccc2cc(-c3cccc(C[C@H](C(=O)O)[C@H]4CCN(C(=O)OC(C)(C)C)C4)c3)sc12. The lowest BCUT2D eigenvalue weighted by Crippen LogP contribution is -2.36. The van der Waals surface area contributed by atoms with Crippen molar-refractivity contribution >= 4 is 33.5 Å². The number of ether oxygens (including phenoxy) is 2. The Bertz CT molecular complexity index is 1200. The Kier molecular flexibility index (Phi) is 6.84. The highest BCUT2D eigenvalue weighted by atomic mass is 32.1. The zero-order chi connectivity index (χ0) is 24.5. The molecule has 1 saturated heterocycles. The third kappa shape index (κ3) is 5.36. The Morgan fingerprint density at radius 3 is 2.65 bits per heavy atom. The number of hydrogen-bond donors (Lipinski definition) is 1. The molecule has 180 valence electrons. The predicted molar refractivity (Wildman–Crippen MR) is 135 cm³/mol. The van der Waals surface area contributed by atoms with Gasteiger partial charge in [-0.1, -0.05) is 36.4 Å². The fourth-order valence-electron chi connectivity index (χ4n) is 4.51. The van der Waals surface area contributed by atoms with E-state index in [0.29, 0.717) is 25.9 Å². The Hall–Kier alpha value is -3.06. The molecule has 0 unspecified atom stereocenters. The van der Waals surface area contributed by atoms with Crippen LogP contribution >= 0.6 is 11.3 Å². The highest BCUT2D eigenvalue weighted by Gasteiger charge is 2.37. The van der Waals surface area contributed by atoms with Gasteiger partial charge >= 0.3 is 12.1 Å². The van der Waals surface area contributed by atoms with Gasteiger partial charge in [0.15, 0.2) is 0 Å². The quantitative estimate of drug-likeness (QED) is 0.462. The number of benzene rings is 2. The van der Waals surface area contributed by atoms with Gasteiger partial charge in [0.05, 0.1) is 17.7 Å². The van der Waals surface area contributed by atoms with Gasteiger partial charge in [0.25, 0.3) is 0 Å². The number of likely N-dealkylation sites (tertiary alicyclic amines) is 1. The Balaban J connectivity index is 1.51. The molecule has 2 aromatic carbocycles. The largest absolute Gasteiger partial charge is 0.495 e. The summed E-state index contributed by atoms with van der Waals surface area (Å²) in [5.74, 6) is -0.646. The summed E-state index contributed by atoms with van der Waals surface area (Å²) in [4.78, 5) is 27.4. The van der Waals surface area contributed by atoms with Gasteiger partial charge in [0, 0.05) is 18.0 Å². The monoisotopic (exact) mass is 481 g/mol. The number of carbonyl (C=O) groups is 2. The molecular formula is C27H31NO5S. The van der Waals surface area contributed by atoms with E-state index in [0.717, 1.165) is 31.8 Å². The number of methoxy groups -OCH3 is 1. The minimum absolute atomic E-state index is 0.109. The molecule has 0 spiro atoms. The van der Waals surface area contributed by atoms with Gasteiger partial charge in [-0.25, -0.2) is 4.79 Å². The molecule has 7 heteroatoms. The van der Waals surface area contributed by atoms with Crippen molar-refractivity contribution in [2.75, 3.05) is 20.2 Å². The molecular weight excluding hydrogens is 450 g/mol. The number of aliphatic carboxylic acids is 1. The zero-order valence-corrected chi connectivity index (χ0v) is 20.9. The van der Waals surface area contributed by atoms with E-state index in [2.05, 4.69) is 24.3 Å². The van der Waals surface area contributed by atoms with E-state index in [4.69, 9.17) is 9.47 Å². The normalized spacial score (nSPS) is 17.1. The van der Waals surface area contributed by atoms with Gasteiger partial charge < -0.3 is 19.5 Å². The molecule has 2 heterocycles. The van der Waals surface area contributed by atoms with E-state index in [1.54, 1.807) is 23.3 Å². The Morgan fingerprint density at radius 2 is 1.94 bits per heavy atom. The molecule has 1 fully saturated rings. The summed E-state index contributed by atoms with van der Waals surface area (Å²) >= 11 is 1.67. The maximum atomic E-state index is 12.4. The van der Waals surface area contributed by atoms with Gasteiger partial charge in [-0.15, -0.1) is 11.3 Å². The lowest BCUT2D eigenvalue weighted by Gasteiger charge is -2.25. The number of rotatable bonds is 6. The molecule has 3 aromatic rings. The minimum atomic E-state index is -0.826. The summed E-state index contributed by atoms with van der Waals surface area (Å²) in [5, 5.41) is 11.1. The van der Waals surface area contributed by atoms with Crippen LogP contribution < -0.4 is 4.74 Å². The standard InChI is InChI=1S/C27H31NO5S/c1-27(2,3)33-26(31)28-12-11-20(16-28)21(25(29)30)14-17-7-5-8-18(13-17)23-15-19-9-6-10-22(32-4)24(19)34-23/h5-10,13,15,20-21H,11-12,14,16H2,1-4H3,(H,29,30)/t20-,21-/m0/s1. The first-order valence-corrected chi connectivity index (χ1v) is 12.3. The number of amides is 1. The fourth-order valence-corrected chi connectivity index (χ4v) is 5.66. The number of carbonyl (C=O) groups excluding carboxylic acids is 1. The van der Waals surface area contributed by atoms with E-state index in [9.17, 15) is 14.7 Å². The van der Waals surface area contributed by atoms with E-state index < -0.39 is 17.5 Å². The highest BCUT2D eigenvalue weighted by Crippen LogP contribution is 2.39. The lowest BCUT2D eigenvalue weighted by atomic mass is 9.86. The van der Waals surface area contributed by atoms with Crippen molar-refractivity contribution in [1.82, 2.24) is 4.90 Å². The van der Waals surface area contributed by atoms with Gasteiger partial charge in [0.1, 0.15) is 11.4 Å². The Morgan fingerprint density at radius 1 is 1.18 bits per heavy atom. The van der Waals surface area contributed by atoms with Crippen molar-refractivity contribution in [1.29, 1.82) is 0 Å². The summed E-state index contributed by atoms with van der Waals surface area (Å²) in [5.41, 5.74) is 1.47. The topological polar surface area (TPSA) is 76.1 Å². The average molecular weight is 482 g/mol. The van der Waals surface area contributed by atoms with Crippen LogP contribution in [-0.2, 0) is 16.0 Å². The van der Waals surface area contributed by atoms with Gasteiger partial charge in [-0.05, 0) is 68.2 Å². The first-order valence-electron chi connectivity index (χ1n) is 11.5. The number of fused-ring (bicyclic) bond motifs is 1. The molecule has 2 atom stereocenters. The smallest absolute Gasteiger partial charge is 0.410 e. The van der Waals surface area contributed by atoms with E-state index >= 15 is 0 Å². The van der Waals surface area contributed by atoms with Crippen molar-refractivity contribution in [3.05, 3.63) is 54.1 Å². The van der Waals surface area contributed by atoms with E-state index in [-0.39, 0.29) is 12.0 Å². The van der Waals surface area contributed by atoms with Crippen LogP contribution in [0.25, 0.3) is 20.5 Å². The van der Waals surface area contributed by atoms with Gasteiger partial charge in [-0.3, -0.25) is 4.79 Å². The second-order valence-electron chi connectivity index (χ2n) is 9.81. The van der Waals surface area contributed by atoms with E-state index in [1.165, 1.54) is 0 Å². The van der Waals surface area contributed by atoms with Crippen LogP contribution in [0.1, 0.15) is 32.8 Å². The van der Waals surface area contributed by atoms with Crippen molar-refractivity contribution in [3.8, 4) is 16.2 Å². The molecule has 0 aliphatic carbocycles. The number of thiophene rings is 1. The number of nitrogens with zero attached hydrogens (tertiary/aromatic N) is 1. The van der Waals surface area contributed by atoms with Crippen LogP contribution in [-0.4, -0.2) is 47.9 Å². The maximum Gasteiger partial charge on any atom is 0.410 e. The molecule has 1 N–H and O–H groups in total. The molecule has 1 aliphatic heterocycles. The van der Waals surface area contributed by atoms with Crippen LogP contribution in [0, 0.1) is 11.8 Å². The molecule has 4 rings (SSSR count). The molecule has 0 bridgehead atoms.